The number of aromatic carboxylic acids is 1. The molecule has 3 aromatic rings. The molecule has 0 radical (unpaired) electrons. The average molecular weight is 616 g/mol. The first-order chi connectivity index (χ1) is 20.3. The van der Waals surface area contributed by atoms with Crippen LogP contribution in [0.5, 0.6) is 17.6 Å². The van der Waals surface area contributed by atoms with Crippen LogP contribution in [0.4, 0.5) is 26.3 Å². The number of ether oxygens (including phenoxy) is 3. The van der Waals surface area contributed by atoms with E-state index in [1.54, 1.807) is 6.07 Å². The number of alkyl halides is 6. The number of hydrogen-bond donors (Lipinski definition) is 1. The minimum Gasteiger partial charge on any atom is -0.661 e. The smallest absolute Gasteiger partial charge is 0.416 e. The lowest BCUT2D eigenvalue weighted by Gasteiger charge is -2.26. The van der Waals surface area contributed by atoms with E-state index < -0.39 is 29.4 Å². The lowest BCUT2D eigenvalue weighted by molar-refractivity contribution is -0.143. The molecular formula is C28H29F6N4O5-. The van der Waals surface area contributed by atoms with Gasteiger partial charge in [0, 0.05) is 19.6 Å². The van der Waals surface area contributed by atoms with Crippen LogP contribution >= 0.6 is 0 Å². The Hall–Kier alpha value is -3.95. The number of hydrogen-bond acceptors (Lipinski definition) is 7. The van der Waals surface area contributed by atoms with Gasteiger partial charge in [0.05, 0.1) is 30.5 Å². The molecule has 2 aromatic carbocycles. The summed E-state index contributed by atoms with van der Waals surface area (Å²) in [4.78, 5) is 21.7. The molecule has 4 rings (SSSR count). The van der Waals surface area contributed by atoms with Crippen LogP contribution in [-0.2, 0) is 23.6 Å². The van der Waals surface area contributed by atoms with Gasteiger partial charge in [0.15, 0.2) is 0 Å². The molecule has 1 N–H and O–H groups in total. The highest BCUT2D eigenvalue weighted by atomic mass is 19.4. The summed E-state index contributed by atoms with van der Waals surface area (Å²) in [5, 5.41) is 12.8. The van der Waals surface area contributed by atoms with Crippen LogP contribution in [0.3, 0.4) is 0 Å². The molecule has 0 aliphatic carbocycles. The highest BCUT2D eigenvalue weighted by molar-refractivity contribution is 5.89. The average Bonchev–Trinajstić information content (AvgIpc) is 2.94. The maximum absolute atomic E-state index is 12.4. The zero-order chi connectivity index (χ0) is 31.6. The van der Waals surface area contributed by atoms with E-state index in [1.165, 1.54) is 13.2 Å². The van der Waals surface area contributed by atoms with Crippen LogP contribution < -0.4 is 9.47 Å². The molecule has 0 atom stereocenters. The fourth-order valence-electron chi connectivity index (χ4n) is 3.80. The predicted molar refractivity (Wildman–Crippen MR) is 142 cm³/mol. The van der Waals surface area contributed by atoms with Gasteiger partial charge >= 0.3 is 24.3 Å². The van der Waals surface area contributed by atoms with Crippen LogP contribution in [0.2, 0.25) is 0 Å². The minimum absolute atomic E-state index is 0.0387. The quantitative estimate of drug-likeness (QED) is 0.283. The Labute approximate surface area is 243 Å². The van der Waals surface area contributed by atoms with Crippen molar-refractivity contribution in [2.24, 2.45) is 0 Å². The number of nitrogens with zero attached hydrogens (tertiary/aromatic N) is 4. The van der Waals surface area contributed by atoms with E-state index in [4.69, 9.17) is 14.2 Å². The van der Waals surface area contributed by atoms with E-state index in [-0.39, 0.29) is 35.6 Å². The van der Waals surface area contributed by atoms with Crippen LogP contribution in [0.1, 0.15) is 32.6 Å². The zero-order valence-corrected chi connectivity index (χ0v) is 23.2. The number of aryl methyl sites for hydroxylation is 1. The van der Waals surface area contributed by atoms with E-state index >= 15 is 0 Å². The highest BCUT2D eigenvalue weighted by Gasteiger charge is 2.36. The van der Waals surface area contributed by atoms with Crippen LogP contribution in [-0.4, -0.2) is 72.4 Å². The lowest BCUT2D eigenvalue weighted by atomic mass is 10.0. The molecule has 9 nitrogen and oxygen atoms in total. The monoisotopic (exact) mass is 615 g/mol. The summed E-state index contributed by atoms with van der Waals surface area (Å²) < 4.78 is 90.8. The second kappa shape index (κ2) is 15.0. The van der Waals surface area contributed by atoms with Crippen LogP contribution in [0.25, 0.3) is 5.32 Å². The maximum Gasteiger partial charge on any atom is 0.416 e. The van der Waals surface area contributed by atoms with Gasteiger partial charge in [-0.2, -0.15) is 38.4 Å². The standard InChI is InChI=1S/C18H21N3O5.C10H8F6N/c1-13-4-2-3-5-15(13)26-16-14(17(22)23)12-19-18(20-16)25-11-8-21-6-9-24-10-7-21;1-17-5-6-2-7(9(11,12)13)4-8(3-6)10(14,15)16/h2-5,12H,6-11H2,1H3,(H,22,23);2-4H,5H2,1H3/q;-1. The maximum atomic E-state index is 12.4. The van der Waals surface area contributed by atoms with Gasteiger partial charge in [-0.3, -0.25) is 4.90 Å². The fourth-order valence-corrected chi connectivity index (χ4v) is 3.80. The van der Waals surface area contributed by atoms with Crippen molar-refractivity contribution in [3.8, 4) is 17.6 Å². The first-order valence-electron chi connectivity index (χ1n) is 12.9. The van der Waals surface area contributed by atoms with Crippen LogP contribution in [0.15, 0.2) is 48.7 Å². The number of aromatic nitrogens is 2. The van der Waals surface area contributed by atoms with Gasteiger partial charge < -0.3 is 24.6 Å². The van der Waals surface area contributed by atoms with Gasteiger partial charge in [-0.05, 0) is 36.8 Å². The number of morpholine rings is 1. The Morgan fingerprint density at radius 1 is 1.05 bits per heavy atom. The highest BCUT2D eigenvalue weighted by Crippen LogP contribution is 2.36. The number of benzene rings is 2. The minimum atomic E-state index is -4.80. The third kappa shape index (κ3) is 10.4. The Bertz CT molecular complexity index is 1330. The molecule has 234 valence electrons. The van der Waals surface area contributed by atoms with Gasteiger partial charge in [0.1, 0.15) is 17.9 Å². The number of carboxylic acid groups (broad SMARTS) is 1. The molecule has 0 amide bonds. The van der Waals surface area contributed by atoms with Crippen LogP contribution in [0, 0.1) is 6.92 Å². The Morgan fingerprint density at radius 2 is 1.67 bits per heavy atom. The largest absolute Gasteiger partial charge is 0.661 e. The predicted octanol–water partition coefficient (Wildman–Crippen LogP) is 6.21. The number of carbonyl (C=O) groups is 1. The molecule has 15 heteroatoms. The Morgan fingerprint density at radius 3 is 2.23 bits per heavy atom. The molecule has 0 saturated carbocycles. The first-order valence-corrected chi connectivity index (χ1v) is 12.9. The van der Waals surface area contributed by atoms with Crippen molar-refractivity contribution in [2.45, 2.75) is 25.8 Å². The third-order valence-electron chi connectivity index (χ3n) is 5.99. The Kier molecular flexibility index (Phi) is 11.7. The normalized spacial score (nSPS) is 14.0. The summed E-state index contributed by atoms with van der Waals surface area (Å²) >= 11 is 0. The molecule has 1 fully saturated rings. The molecule has 1 aliphatic rings. The summed E-state index contributed by atoms with van der Waals surface area (Å²) in [6.07, 6.45) is -8.40. The van der Waals surface area contributed by atoms with E-state index in [9.17, 15) is 36.2 Å². The van der Waals surface area contributed by atoms with Crippen molar-refractivity contribution >= 4 is 5.97 Å². The second-order valence-corrected chi connectivity index (χ2v) is 9.24. The number of para-hydroxylation sites is 1. The van der Waals surface area contributed by atoms with Gasteiger partial charge in [-0.25, -0.2) is 9.78 Å². The lowest BCUT2D eigenvalue weighted by Crippen LogP contribution is -2.38. The van der Waals surface area contributed by atoms with Crippen molar-refractivity contribution in [1.29, 1.82) is 0 Å². The summed E-state index contributed by atoms with van der Waals surface area (Å²) in [6, 6.07) is 8.83. The topological polar surface area (TPSA) is 108 Å². The van der Waals surface area contributed by atoms with Gasteiger partial charge in [-0.15, -0.1) is 6.54 Å². The summed E-state index contributed by atoms with van der Waals surface area (Å²) in [5.74, 6) is -0.662. The molecule has 1 aliphatic heterocycles. The third-order valence-corrected chi connectivity index (χ3v) is 5.99. The molecule has 43 heavy (non-hydrogen) atoms. The molecular weight excluding hydrogens is 586 g/mol. The molecule has 0 spiro atoms. The second-order valence-electron chi connectivity index (χ2n) is 9.24. The van der Waals surface area contributed by atoms with Crippen molar-refractivity contribution < 1.29 is 50.5 Å². The fraction of sp³-hybridized carbons (Fsp3) is 0.393. The number of rotatable bonds is 9. The van der Waals surface area contributed by atoms with E-state index in [2.05, 4.69) is 20.2 Å². The van der Waals surface area contributed by atoms with Gasteiger partial charge in [0.25, 0.3) is 0 Å². The van der Waals surface area contributed by atoms with Crippen molar-refractivity contribution in [1.82, 2.24) is 14.9 Å². The zero-order valence-electron chi connectivity index (χ0n) is 23.2. The number of carboxylic acids is 1. The van der Waals surface area contributed by atoms with Crippen molar-refractivity contribution in [2.75, 3.05) is 46.5 Å². The summed E-state index contributed by atoms with van der Waals surface area (Å²) in [6.45, 7) is 5.98. The Balaban J connectivity index is 0.000000259. The van der Waals surface area contributed by atoms with Gasteiger partial charge in [-0.1, -0.05) is 23.8 Å². The van der Waals surface area contributed by atoms with E-state index in [0.29, 0.717) is 24.5 Å². The van der Waals surface area contributed by atoms with Crippen molar-refractivity contribution in [3.05, 3.63) is 81.8 Å². The van der Waals surface area contributed by atoms with E-state index in [0.717, 1.165) is 38.4 Å². The van der Waals surface area contributed by atoms with Gasteiger partial charge in [0.2, 0.25) is 5.88 Å². The molecule has 2 heterocycles. The summed E-state index contributed by atoms with van der Waals surface area (Å²) in [5.41, 5.74) is -1.99. The molecule has 0 bridgehead atoms. The first kappa shape index (κ1) is 33.6. The summed E-state index contributed by atoms with van der Waals surface area (Å²) in [7, 11) is 1.31. The molecule has 0 unspecified atom stereocenters. The molecule has 1 saturated heterocycles. The molecule has 1 aromatic heterocycles. The SMILES string of the molecule is C[N-]Cc1cc(C(F)(F)F)cc(C(F)(F)F)c1.Cc1ccccc1Oc1nc(OCCN2CCOCC2)ncc1C(=O)O. The van der Waals surface area contributed by atoms with Crippen molar-refractivity contribution in [3.63, 3.8) is 0 Å². The van der Waals surface area contributed by atoms with E-state index in [1.807, 2.05) is 25.1 Å². The number of halogens is 6.